The van der Waals surface area contributed by atoms with Crippen molar-refractivity contribution in [1.82, 2.24) is 0 Å². The number of benzene rings is 6. The Bertz CT molecular complexity index is 1760. The number of hydrogen-bond acceptors (Lipinski definition) is 4. The van der Waals surface area contributed by atoms with Crippen LogP contribution in [0.3, 0.4) is 0 Å². The van der Waals surface area contributed by atoms with Crippen molar-refractivity contribution in [3.63, 3.8) is 0 Å². The molecule has 0 aromatic heterocycles. The lowest BCUT2D eigenvalue weighted by Gasteiger charge is -2.26. The first kappa shape index (κ1) is 35.3. The van der Waals surface area contributed by atoms with Crippen molar-refractivity contribution in [1.29, 1.82) is 0 Å². The summed E-state index contributed by atoms with van der Waals surface area (Å²) >= 11 is 7.19. The Labute approximate surface area is 313 Å². The summed E-state index contributed by atoms with van der Waals surface area (Å²) in [6.45, 7) is 5.82. The molecule has 0 amide bonds. The van der Waals surface area contributed by atoms with E-state index in [1.165, 1.54) is 0 Å². The van der Waals surface area contributed by atoms with Crippen molar-refractivity contribution in [2.75, 3.05) is 23.0 Å². The van der Waals surface area contributed by atoms with Crippen LogP contribution in [0.25, 0.3) is 11.1 Å². The molecule has 6 heteroatoms. The van der Waals surface area contributed by atoms with Crippen LogP contribution in [0.1, 0.15) is 39.5 Å². The maximum atomic E-state index is 5.94. The van der Waals surface area contributed by atoms with Gasteiger partial charge in [-0.15, -0.1) is 0 Å². The van der Waals surface area contributed by atoms with Crippen LogP contribution in [0, 0.1) is 0 Å². The van der Waals surface area contributed by atoms with Gasteiger partial charge in [-0.05, 0) is 145 Å². The molecule has 0 saturated carbocycles. The first-order valence-electron chi connectivity index (χ1n) is 17.3. The Morgan fingerprint density at radius 1 is 0.380 bits per heavy atom. The molecule has 0 heterocycles. The molecule has 0 fully saturated rings. The normalized spacial score (nSPS) is 10.9. The smallest absolute Gasteiger partial charge is 0.119 e. The molecule has 6 aromatic carbocycles. The highest BCUT2D eigenvalue weighted by molar-refractivity contribution is 9.10. The second-order valence-corrected chi connectivity index (χ2v) is 13.9. The van der Waals surface area contributed by atoms with Gasteiger partial charge in [0.2, 0.25) is 0 Å². The molecule has 4 nitrogen and oxygen atoms in total. The molecule has 0 N–H and O–H groups in total. The van der Waals surface area contributed by atoms with Crippen LogP contribution >= 0.6 is 31.9 Å². The largest absolute Gasteiger partial charge is 0.494 e. The number of hydrogen-bond donors (Lipinski definition) is 0. The van der Waals surface area contributed by atoms with E-state index in [1.54, 1.807) is 0 Å². The van der Waals surface area contributed by atoms with E-state index in [4.69, 9.17) is 9.47 Å². The van der Waals surface area contributed by atoms with Gasteiger partial charge < -0.3 is 19.3 Å². The molecule has 6 aromatic rings. The predicted octanol–water partition coefficient (Wildman–Crippen LogP) is 14.2. The maximum Gasteiger partial charge on any atom is 0.119 e. The van der Waals surface area contributed by atoms with E-state index in [2.05, 4.69) is 201 Å². The maximum absolute atomic E-state index is 5.94. The Hall–Kier alpha value is -4.52. The Morgan fingerprint density at radius 2 is 0.640 bits per heavy atom. The summed E-state index contributed by atoms with van der Waals surface area (Å²) in [5, 5.41) is 0. The molecular formula is C44H42Br2N2O2. The van der Waals surface area contributed by atoms with Crippen molar-refractivity contribution < 1.29 is 9.47 Å². The van der Waals surface area contributed by atoms with Crippen LogP contribution in [0.4, 0.5) is 34.1 Å². The number of ether oxygens (including phenoxy) is 2. The molecule has 6 rings (SSSR count). The quantitative estimate of drug-likeness (QED) is 0.0968. The standard InChI is InChI=1S/C44H42Br2N2O2/c1-3-5-31-49-43-27-23-41(24-28-43)47(39-19-11-35(45)12-20-39)37-15-7-33(8-16-37)34-9-17-38(18-10-34)48(40-21-13-36(46)14-22-40)42-25-29-44(30-26-42)50-32-6-4-2/h7-30H,3-6,31-32H2,1-2H3. The summed E-state index contributed by atoms with van der Waals surface area (Å²) in [5.41, 5.74) is 8.77. The molecule has 0 saturated heterocycles. The summed E-state index contributed by atoms with van der Waals surface area (Å²) < 4.78 is 14.0. The van der Waals surface area contributed by atoms with E-state index in [0.29, 0.717) is 0 Å². The summed E-state index contributed by atoms with van der Waals surface area (Å²) in [7, 11) is 0. The molecule has 254 valence electrons. The SMILES string of the molecule is CCCCOc1ccc(N(c2ccc(Br)cc2)c2ccc(-c3ccc(N(c4ccc(Br)cc4)c4ccc(OCCCC)cc4)cc3)cc2)cc1. The topological polar surface area (TPSA) is 24.9 Å². The lowest BCUT2D eigenvalue weighted by molar-refractivity contribution is 0.309. The molecule has 0 spiro atoms. The molecule has 0 aliphatic carbocycles. The highest BCUT2D eigenvalue weighted by Crippen LogP contribution is 2.39. The van der Waals surface area contributed by atoms with Crippen LogP contribution in [0.15, 0.2) is 155 Å². The summed E-state index contributed by atoms with van der Waals surface area (Å²) in [5.74, 6) is 1.78. The molecule has 0 atom stereocenters. The van der Waals surface area contributed by atoms with Crippen LogP contribution in [-0.2, 0) is 0 Å². The van der Waals surface area contributed by atoms with E-state index in [0.717, 1.165) is 105 Å². The number of rotatable bonds is 15. The van der Waals surface area contributed by atoms with Gasteiger partial charge in [-0.3, -0.25) is 0 Å². The van der Waals surface area contributed by atoms with E-state index in [9.17, 15) is 0 Å². The van der Waals surface area contributed by atoms with Gasteiger partial charge in [-0.25, -0.2) is 0 Å². The second-order valence-electron chi connectivity index (χ2n) is 12.1. The van der Waals surface area contributed by atoms with E-state index >= 15 is 0 Å². The van der Waals surface area contributed by atoms with Crippen molar-refractivity contribution in [3.05, 3.63) is 155 Å². The zero-order valence-corrected chi connectivity index (χ0v) is 31.7. The average Bonchev–Trinajstić information content (AvgIpc) is 3.15. The average molecular weight is 791 g/mol. The van der Waals surface area contributed by atoms with Crippen LogP contribution in [0.5, 0.6) is 11.5 Å². The van der Waals surface area contributed by atoms with Gasteiger partial charge in [0.15, 0.2) is 0 Å². The first-order valence-corrected chi connectivity index (χ1v) is 18.9. The Balaban J connectivity index is 1.26. The van der Waals surface area contributed by atoms with Crippen molar-refractivity contribution in [2.45, 2.75) is 39.5 Å². The van der Waals surface area contributed by atoms with Crippen molar-refractivity contribution in [3.8, 4) is 22.6 Å². The lowest BCUT2D eigenvalue weighted by Crippen LogP contribution is -2.10. The predicted molar refractivity (Wildman–Crippen MR) is 217 cm³/mol. The lowest BCUT2D eigenvalue weighted by atomic mass is 10.0. The molecule has 0 bridgehead atoms. The van der Waals surface area contributed by atoms with E-state index in [-0.39, 0.29) is 0 Å². The van der Waals surface area contributed by atoms with Crippen molar-refractivity contribution in [2.24, 2.45) is 0 Å². The van der Waals surface area contributed by atoms with Gasteiger partial charge in [0, 0.05) is 43.1 Å². The van der Waals surface area contributed by atoms with E-state index < -0.39 is 0 Å². The highest BCUT2D eigenvalue weighted by Gasteiger charge is 2.15. The monoisotopic (exact) mass is 788 g/mol. The molecular weight excluding hydrogens is 748 g/mol. The fourth-order valence-corrected chi connectivity index (χ4v) is 6.26. The fraction of sp³-hybridized carbons (Fsp3) is 0.182. The summed E-state index contributed by atoms with van der Waals surface area (Å²) in [6, 6.07) is 51.1. The van der Waals surface area contributed by atoms with Gasteiger partial charge >= 0.3 is 0 Å². The Morgan fingerprint density at radius 3 is 0.920 bits per heavy atom. The summed E-state index contributed by atoms with van der Waals surface area (Å²) in [6.07, 6.45) is 4.33. The van der Waals surface area contributed by atoms with Crippen molar-refractivity contribution >= 4 is 66.0 Å². The highest BCUT2D eigenvalue weighted by atomic mass is 79.9. The van der Waals surface area contributed by atoms with Gasteiger partial charge in [0.05, 0.1) is 13.2 Å². The number of halogens is 2. The number of anilines is 6. The second kappa shape index (κ2) is 17.4. The van der Waals surface area contributed by atoms with Gasteiger partial charge in [0.25, 0.3) is 0 Å². The number of unbranched alkanes of at least 4 members (excludes halogenated alkanes) is 2. The fourth-order valence-electron chi connectivity index (χ4n) is 5.73. The van der Waals surface area contributed by atoms with Crippen LogP contribution < -0.4 is 19.3 Å². The molecule has 0 aliphatic heterocycles. The van der Waals surface area contributed by atoms with Gasteiger partial charge in [-0.2, -0.15) is 0 Å². The third-order valence-electron chi connectivity index (χ3n) is 8.48. The minimum Gasteiger partial charge on any atom is -0.494 e. The molecule has 0 unspecified atom stereocenters. The zero-order chi connectivity index (χ0) is 34.7. The van der Waals surface area contributed by atoms with E-state index in [1.807, 2.05) is 0 Å². The first-order chi connectivity index (χ1) is 24.5. The zero-order valence-electron chi connectivity index (χ0n) is 28.6. The van der Waals surface area contributed by atoms with Crippen LogP contribution in [-0.4, -0.2) is 13.2 Å². The van der Waals surface area contributed by atoms with Crippen LogP contribution in [0.2, 0.25) is 0 Å². The molecule has 0 radical (unpaired) electrons. The molecule has 50 heavy (non-hydrogen) atoms. The van der Waals surface area contributed by atoms with Gasteiger partial charge in [0.1, 0.15) is 11.5 Å². The molecule has 0 aliphatic rings. The third-order valence-corrected chi connectivity index (χ3v) is 9.53. The minimum absolute atomic E-state index is 0.735. The summed E-state index contributed by atoms with van der Waals surface area (Å²) in [4.78, 5) is 4.54. The number of nitrogens with zero attached hydrogens (tertiary/aromatic N) is 2. The Kier molecular flexibility index (Phi) is 12.3. The minimum atomic E-state index is 0.735. The third kappa shape index (κ3) is 8.98. The van der Waals surface area contributed by atoms with Gasteiger partial charge in [-0.1, -0.05) is 82.8 Å².